The van der Waals surface area contributed by atoms with Gasteiger partial charge in [0.15, 0.2) is 0 Å². The minimum atomic E-state index is 0.108. The monoisotopic (exact) mass is 417 g/mol. The van der Waals surface area contributed by atoms with Crippen molar-refractivity contribution in [1.82, 2.24) is 9.13 Å². The summed E-state index contributed by atoms with van der Waals surface area (Å²) in [6, 6.07) is 35.6. The predicted octanol–water partition coefficient (Wildman–Crippen LogP) is 5.02. The van der Waals surface area contributed by atoms with Crippen molar-refractivity contribution in [2.75, 3.05) is 0 Å². The highest BCUT2D eigenvalue weighted by molar-refractivity contribution is 7.00. The summed E-state index contributed by atoms with van der Waals surface area (Å²) in [7, 11) is 0. The van der Waals surface area contributed by atoms with Crippen LogP contribution in [0.5, 0.6) is 0 Å². The van der Waals surface area contributed by atoms with Gasteiger partial charge in [-0.05, 0) is 40.7 Å². The molecule has 0 amide bonds. The molecule has 5 aromatic carbocycles. The largest absolute Gasteiger partial charge is 0.310 e. The van der Waals surface area contributed by atoms with E-state index in [2.05, 4.69) is 100 Å². The molecule has 2 aromatic heterocycles. The first-order chi connectivity index (χ1) is 16.8. The Hall–Kier alpha value is -4.24. The summed E-state index contributed by atoms with van der Waals surface area (Å²) in [5.41, 5.74) is 11.4. The summed E-state index contributed by atoms with van der Waals surface area (Å²) in [6.45, 7) is 0.108. The molecule has 0 spiro atoms. The third-order valence-electron chi connectivity index (χ3n) is 7.84. The zero-order chi connectivity index (χ0) is 22.1. The Labute approximate surface area is 191 Å². The van der Waals surface area contributed by atoms with Crippen molar-refractivity contribution >= 4 is 66.7 Å². The van der Waals surface area contributed by atoms with Crippen LogP contribution in [0.1, 0.15) is 1.37 Å². The molecule has 0 saturated heterocycles. The summed E-state index contributed by atoms with van der Waals surface area (Å²) >= 11 is 0. The zero-order valence-electron chi connectivity index (χ0n) is 18.7. The van der Waals surface area contributed by atoms with Crippen LogP contribution in [0.25, 0.3) is 55.0 Å². The van der Waals surface area contributed by atoms with Crippen LogP contribution in [-0.4, -0.2) is 15.8 Å². The number of hydrogen-bond donors (Lipinski definition) is 0. The van der Waals surface area contributed by atoms with Gasteiger partial charge < -0.3 is 9.13 Å². The predicted molar refractivity (Wildman–Crippen MR) is 140 cm³/mol. The number of aromatic nitrogens is 2. The van der Waals surface area contributed by atoms with Crippen LogP contribution in [0.3, 0.4) is 0 Å². The van der Waals surface area contributed by atoms with Crippen LogP contribution in [0.4, 0.5) is 0 Å². The average molecular weight is 417 g/mol. The molecule has 0 saturated carbocycles. The smallest absolute Gasteiger partial charge is 0.252 e. The second-order valence-corrected chi connectivity index (χ2v) is 9.26. The molecule has 150 valence electrons. The van der Waals surface area contributed by atoms with E-state index in [0.29, 0.717) is 6.04 Å². The molecule has 2 aliphatic rings. The molecule has 2 nitrogen and oxygen atoms in total. The van der Waals surface area contributed by atoms with Crippen LogP contribution in [0, 0.1) is 0 Å². The van der Waals surface area contributed by atoms with Crippen molar-refractivity contribution in [1.29, 1.82) is 0 Å². The summed E-state index contributed by atoms with van der Waals surface area (Å²) < 4.78 is 13.4. The van der Waals surface area contributed by atoms with Gasteiger partial charge in [-0.15, -0.1) is 0 Å². The molecule has 33 heavy (non-hydrogen) atoms. The Bertz CT molecular complexity index is 2050. The van der Waals surface area contributed by atoms with E-state index in [9.17, 15) is 0 Å². The lowest BCUT2D eigenvalue weighted by molar-refractivity contribution is 1.16. The van der Waals surface area contributed by atoms with Crippen molar-refractivity contribution in [2.45, 2.75) is 0 Å². The van der Waals surface area contributed by atoms with Gasteiger partial charge in [0, 0.05) is 38.4 Å². The Morgan fingerprint density at radius 1 is 0.515 bits per heavy atom. The van der Waals surface area contributed by atoms with Gasteiger partial charge in [0.25, 0.3) is 6.71 Å². The number of hydrogen-bond acceptors (Lipinski definition) is 0. The Kier molecular flexibility index (Phi) is 2.54. The number of rotatable bonds is 0. The first kappa shape index (κ1) is 15.5. The van der Waals surface area contributed by atoms with Gasteiger partial charge in [-0.3, -0.25) is 0 Å². The highest BCUT2D eigenvalue weighted by Crippen LogP contribution is 2.39. The molecule has 0 radical (unpaired) electrons. The molecule has 2 aliphatic heterocycles. The average Bonchev–Trinajstić information content (AvgIpc) is 3.40. The van der Waals surface area contributed by atoms with Gasteiger partial charge in [0.1, 0.15) is 0 Å². The van der Waals surface area contributed by atoms with Crippen molar-refractivity contribution in [3.8, 4) is 11.4 Å². The van der Waals surface area contributed by atoms with Crippen LogP contribution in [0.15, 0.2) is 103 Å². The molecule has 0 N–H and O–H groups in total. The summed E-state index contributed by atoms with van der Waals surface area (Å²) in [4.78, 5) is 0. The van der Waals surface area contributed by atoms with Gasteiger partial charge in [-0.25, -0.2) is 0 Å². The number of nitrogens with zero attached hydrogens (tertiary/aromatic N) is 2. The maximum Gasteiger partial charge on any atom is 0.252 e. The maximum atomic E-state index is 8.49. The molecule has 0 bridgehead atoms. The Morgan fingerprint density at radius 3 is 2.03 bits per heavy atom. The second kappa shape index (κ2) is 5.39. The molecule has 3 heteroatoms. The van der Waals surface area contributed by atoms with E-state index in [1.54, 1.807) is 0 Å². The molecule has 9 rings (SSSR count). The van der Waals surface area contributed by atoms with Crippen LogP contribution in [-0.2, 0) is 0 Å². The highest BCUT2D eigenvalue weighted by atomic mass is 15.0. The Morgan fingerprint density at radius 2 is 1.21 bits per heavy atom. The fourth-order valence-corrected chi connectivity index (χ4v) is 6.68. The lowest BCUT2D eigenvalue weighted by atomic mass is 9.34. The molecular formula is C30H17BN2. The van der Waals surface area contributed by atoms with E-state index in [0.717, 1.165) is 0 Å². The van der Waals surface area contributed by atoms with Crippen LogP contribution < -0.4 is 16.4 Å². The standard InChI is InChI=1S/C30H17BN2/c1-5-14-25-18(8-1)20-10-7-12-23-29(20)33(25)27-17-16-21-19-9-2-4-13-24(19)32-26-15-6-3-11-22(26)31(23)28(27)30(21)32/h1-17H/i3D. The zero-order valence-corrected chi connectivity index (χ0v) is 17.7. The lowest BCUT2D eigenvalue weighted by Crippen LogP contribution is -2.59. The molecule has 0 fully saturated rings. The second-order valence-electron chi connectivity index (χ2n) is 9.26. The summed E-state index contributed by atoms with van der Waals surface area (Å²) in [6.07, 6.45) is 0. The van der Waals surface area contributed by atoms with Crippen LogP contribution >= 0.6 is 0 Å². The molecule has 4 heterocycles. The topological polar surface area (TPSA) is 9.86 Å². The Balaban J connectivity index is 1.62. The minimum absolute atomic E-state index is 0.108. The maximum absolute atomic E-state index is 8.49. The highest BCUT2D eigenvalue weighted by Gasteiger charge is 2.40. The number of benzene rings is 5. The molecule has 7 aromatic rings. The van der Waals surface area contributed by atoms with Crippen LogP contribution in [0.2, 0.25) is 0 Å². The van der Waals surface area contributed by atoms with Gasteiger partial charge in [0.2, 0.25) is 0 Å². The normalized spacial score (nSPS) is 13.8. The first-order valence-corrected chi connectivity index (χ1v) is 11.5. The fraction of sp³-hybridized carbons (Fsp3) is 0. The van der Waals surface area contributed by atoms with E-state index in [1.807, 2.05) is 6.07 Å². The van der Waals surface area contributed by atoms with Gasteiger partial charge in [-0.1, -0.05) is 78.8 Å². The van der Waals surface area contributed by atoms with Crippen molar-refractivity contribution in [3.05, 3.63) is 103 Å². The molecule has 0 unspecified atom stereocenters. The van der Waals surface area contributed by atoms with E-state index in [1.165, 1.54) is 71.4 Å². The van der Waals surface area contributed by atoms with Gasteiger partial charge in [-0.2, -0.15) is 0 Å². The van der Waals surface area contributed by atoms with E-state index in [4.69, 9.17) is 1.37 Å². The van der Waals surface area contributed by atoms with Crippen molar-refractivity contribution < 1.29 is 1.37 Å². The lowest BCUT2D eigenvalue weighted by Gasteiger charge is -2.33. The quantitative estimate of drug-likeness (QED) is 0.307. The third kappa shape index (κ3) is 1.71. The third-order valence-corrected chi connectivity index (χ3v) is 7.84. The summed E-state index contributed by atoms with van der Waals surface area (Å²) in [5.74, 6) is 0. The molecular weight excluding hydrogens is 399 g/mol. The SMILES string of the molecule is [2H]c1ccc2c(c1)B1c3cccc4c5ccccc5n(c34)-c3ccc4c5ccccc5n-2c4c31. The van der Waals surface area contributed by atoms with E-state index < -0.39 is 0 Å². The van der Waals surface area contributed by atoms with Gasteiger partial charge in [0.05, 0.1) is 17.9 Å². The summed E-state index contributed by atoms with van der Waals surface area (Å²) in [5, 5.41) is 5.17. The minimum Gasteiger partial charge on any atom is -0.310 e. The number of fused-ring (bicyclic) bond motifs is 11. The van der Waals surface area contributed by atoms with Crippen molar-refractivity contribution in [3.63, 3.8) is 0 Å². The van der Waals surface area contributed by atoms with E-state index >= 15 is 0 Å². The van der Waals surface area contributed by atoms with Gasteiger partial charge >= 0.3 is 0 Å². The first-order valence-electron chi connectivity index (χ1n) is 12.0. The van der Waals surface area contributed by atoms with Crippen molar-refractivity contribution in [2.24, 2.45) is 0 Å². The van der Waals surface area contributed by atoms with E-state index in [-0.39, 0.29) is 6.71 Å². The fourth-order valence-electron chi connectivity index (χ4n) is 6.68. The molecule has 0 atom stereocenters. The molecule has 0 aliphatic carbocycles. The number of para-hydroxylation sites is 4.